The topological polar surface area (TPSA) is 22.1 Å². The number of hydrogen-bond acceptors (Lipinski definition) is 2. The summed E-state index contributed by atoms with van der Waals surface area (Å²) >= 11 is 3.49. The van der Waals surface area contributed by atoms with E-state index >= 15 is 0 Å². The second-order valence-corrected chi connectivity index (χ2v) is 4.14. The first kappa shape index (κ1) is 10.5. The standard InChI is InChI=1S/C10H14BrNO/c1-10(2,7-11)8-5-4-6-12-9(8)13-3/h4-6H,7H2,1-3H3. The molecule has 2 nitrogen and oxygen atoms in total. The summed E-state index contributed by atoms with van der Waals surface area (Å²) in [5.74, 6) is 0.715. The van der Waals surface area contributed by atoms with Gasteiger partial charge in [0.1, 0.15) is 0 Å². The molecule has 1 rings (SSSR count). The summed E-state index contributed by atoms with van der Waals surface area (Å²) in [5.41, 5.74) is 1.19. The predicted molar refractivity (Wildman–Crippen MR) is 57.6 cm³/mol. The van der Waals surface area contributed by atoms with Crippen LogP contribution in [0.1, 0.15) is 19.4 Å². The molecule has 0 aliphatic heterocycles. The van der Waals surface area contributed by atoms with E-state index in [2.05, 4.69) is 34.8 Å². The molecule has 0 saturated carbocycles. The Morgan fingerprint density at radius 1 is 1.54 bits per heavy atom. The molecule has 0 aromatic carbocycles. The van der Waals surface area contributed by atoms with Crippen LogP contribution in [0, 0.1) is 0 Å². The fourth-order valence-corrected chi connectivity index (χ4v) is 1.44. The van der Waals surface area contributed by atoms with Crippen LogP contribution in [0.2, 0.25) is 0 Å². The van der Waals surface area contributed by atoms with Crippen molar-refractivity contribution in [2.75, 3.05) is 12.4 Å². The van der Waals surface area contributed by atoms with Gasteiger partial charge < -0.3 is 4.74 Å². The number of rotatable bonds is 3. The van der Waals surface area contributed by atoms with Crippen molar-refractivity contribution in [3.05, 3.63) is 23.9 Å². The maximum absolute atomic E-state index is 5.20. The molecule has 72 valence electrons. The summed E-state index contributed by atoms with van der Waals surface area (Å²) in [6, 6.07) is 3.98. The van der Waals surface area contributed by atoms with E-state index in [1.807, 2.05) is 12.1 Å². The van der Waals surface area contributed by atoms with E-state index in [9.17, 15) is 0 Å². The van der Waals surface area contributed by atoms with Gasteiger partial charge in [-0.1, -0.05) is 35.8 Å². The first-order chi connectivity index (χ1) is 6.11. The average Bonchev–Trinajstić information content (AvgIpc) is 2.18. The number of ether oxygens (including phenoxy) is 1. The van der Waals surface area contributed by atoms with Gasteiger partial charge in [-0.25, -0.2) is 4.98 Å². The highest BCUT2D eigenvalue weighted by Gasteiger charge is 2.23. The van der Waals surface area contributed by atoms with Gasteiger partial charge in [-0.05, 0) is 6.07 Å². The Bertz CT molecular complexity index is 286. The molecular weight excluding hydrogens is 230 g/mol. The van der Waals surface area contributed by atoms with E-state index < -0.39 is 0 Å². The summed E-state index contributed by atoms with van der Waals surface area (Å²) in [6.45, 7) is 4.31. The van der Waals surface area contributed by atoms with Crippen molar-refractivity contribution >= 4 is 15.9 Å². The Morgan fingerprint density at radius 2 is 2.23 bits per heavy atom. The second-order valence-electron chi connectivity index (χ2n) is 3.58. The quantitative estimate of drug-likeness (QED) is 0.763. The number of methoxy groups -OCH3 is 1. The normalized spacial score (nSPS) is 11.4. The van der Waals surface area contributed by atoms with Gasteiger partial charge in [-0.3, -0.25) is 0 Å². The van der Waals surface area contributed by atoms with Gasteiger partial charge in [0, 0.05) is 22.5 Å². The molecule has 3 heteroatoms. The molecule has 1 aromatic heterocycles. The van der Waals surface area contributed by atoms with Gasteiger partial charge >= 0.3 is 0 Å². The summed E-state index contributed by atoms with van der Waals surface area (Å²) in [6.07, 6.45) is 1.74. The Balaban J connectivity index is 3.12. The molecule has 1 heterocycles. The van der Waals surface area contributed by atoms with E-state index in [1.54, 1.807) is 13.3 Å². The number of alkyl halides is 1. The third-order valence-corrected chi connectivity index (χ3v) is 3.43. The number of pyridine rings is 1. The van der Waals surface area contributed by atoms with Crippen LogP contribution < -0.4 is 4.74 Å². The SMILES string of the molecule is COc1ncccc1C(C)(C)CBr. The highest BCUT2D eigenvalue weighted by atomic mass is 79.9. The summed E-state index contributed by atoms with van der Waals surface area (Å²) in [5, 5.41) is 0.891. The van der Waals surface area contributed by atoms with E-state index in [4.69, 9.17) is 4.74 Å². The largest absolute Gasteiger partial charge is 0.481 e. The van der Waals surface area contributed by atoms with E-state index in [0.717, 1.165) is 10.9 Å². The van der Waals surface area contributed by atoms with Gasteiger partial charge in [0.2, 0.25) is 5.88 Å². The zero-order chi connectivity index (χ0) is 9.90. The van der Waals surface area contributed by atoms with E-state index in [-0.39, 0.29) is 5.41 Å². The van der Waals surface area contributed by atoms with Crippen molar-refractivity contribution in [3.8, 4) is 5.88 Å². The number of halogens is 1. The number of hydrogen-bond donors (Lipinski definition) is 0. The second kappa shape index (κ2) is 4.09. The molecule has 0 aliphatic carbocycles. The highest BCUT2D eigenvalue weighted by molar-refractivity contribution is 9.09. The van der Waals surface area contributed by atoms with Crippen LogP contribution in [0.3, 0.4) is 0 Å². The Hall–Kier alpha value is -0.570. The maximum atomic E-state index is 5.20. The highest BCUT2D eigenvalue weighted by Crippen LogP contribution is 2.30. The summed E-state index contributed by atoms with van der Waals surface area (Å²) in [7, 11) is 1.65. The summed E-state index contributed by atoms with van der Waals surface area (Å²) < 4.78 is 5.20. The van der Waals surface area contributed by atoms with Crippen LogP contribution in [0.25, 0.3) is 0 Å². The molecule has 0 N–H and O–H groups in total. The van der Waals surface area contributed by atoms with Gasteiger partial charge in [0.05, 0.1) is 7.11 Å². The lowest BCUT2D eigenvalue weighted by atomic mass is 9.88. The minimum atomic E-state index is 0.0552. The lowest BCUT2D eigenvalue weighted by molar-refractivity contribution is 0.382. The Kier molecular flexibility index (Phi) is 3.31. The molecule has 0 spiro atoms. The first-order valence-electron chi connectivity index (χ1n) is 4.17. The maximum Gasteiger partial charge on any atom is 0.216 e. The van der Waals surface area contributed by atoms with Crippen molar-refractivity contribution in [3.63, 3.8) is 0 Å². The minimum absolute atomic E-state index is 0.0552. The van der Waals surface area contributed by atoms with Crippen molar-refractivity contribution in [1.29, 1.82) is 0 Å². The fourth-order valence-electron chi connectivity index (χ4n) is 1.14. The molecule has 0 aliphatic rings. The molecule has 0 bridgehead atoms. The lowest BCUT2D eigenvalue weighted by Gasteiger charge is -2.23. The van der Waals surface area contributed by atoms with Gasteiger partial charge in [0.15, 0.2) is 0 Å². The molecule has 0 amide bonds. The molecule has 1 aromatic rings. The molecule has 13 heavy (non-hydrogen) atoms. The zero-order valence-corrected chi connectivity index (χ0v) is 9.76. The van der Waals surface area contributed by atoms with Crippen LogP contribution in [0.5, 0.6) is 5.88 Å². The van der Waals surface area contributed by atoms with Gasteiger partial charge in [-0.2, -0.15) is 0 Å². The van der Waals surface area contributed by atoms with Crippen LogP contribution in [-0.2, 0) is 5.41 Å². The minimum Gasteiger partial charge on any atom is -0.481 e. The first-order valence-corrected chi connectivity index (χ1v) is 5.29. The Morgan fingerprint density at radius 3 is 2.77 bits per heavy atom. The molecule has 0 radical (unpaired) electrons. The zero-order valence-electron chi connectivity index (χ0n) is 8.17. The smallest absolute Gasteiger partial charge is 0.216 e. The van der Waals surface area contributed by atoms with Crippen LogP contribution in [0.15, 0.2) is 18.3 Å². The molecular formula is C10H14BrNO. The van der Waals surface area contributed by atoms with Crippen molar-refractivity contribution in [2.24, 2.45) is 0 Å². The van der Waals surface area contributed by atoms with Crippen molar-refractivity contribution in [1.82, 2.24) is 4.98 Å². The van der Waals surface area contributed by atoms with Crippen molar-refractivity contribution in [2.45, 2.75) is 19.3 Å². The molecule has 0 saturated heterocycles. The molecule has 0 unspecified atom stereocenters. The van der Waals surface area contributed by atoms with E-state index in [1.165, 1.54) is 0 Å². The molecule has 0 fully saturated rings. The van der Waals surface area contributed by atoms with Crippen LogP contribution >= 0.6 is 15.9 Å². The average molecular weight is 244 g/mol. The van der Waals surface area contributed by atoms with Gasteiger partial charge in [0.25, 0.3) is 0 Å². The van der Waals surface area contributed by atoms with Crippen LogP contribution in [0.4, 0.5) is 0 Å². The fraction of sp³-hybridized carbons (Fsp3) is 0.500. The van der Waals surface area contributed by atoms with Crippen LogP contribution in [-0.4, -0.2) is 17.4 Å². The van der Waals surface area contributed by atoms with E-state index in [0.29, 0.717) is 5.88 Å². The lowest BCUT2D eigenvalue weighted by Crippen LogP contribution is -2.20. The number of nitrogens with zero attached hydrogens (tertiary/aromatic N) is 1. The molecule has 0 atom stereocenters. The van der Waals surface area contributed by atoms with Gasteiger partial charge in [-0.15, -0.1) is 0 Å². The number of aromatic nitrogens is 1. The third-order valence-electron chi connectivity index (χ3n) is 2.03. The summed E-state index contributed by atoms with van der Waals surface area (Å²) in [4.78, 5) is 4.17. The third kappa shape index (κ3) is 2.21. The Labute approximate surface area is 87.5 Å². The predicted octanol–water partition coefficient (Wildman–Crippen LogP) is 2.76. The van der Waals surface area contributed by atoms with Crippen molar-refractivity contribution < 1.29 is 4.74 Å². The monoisotopic (exact) mass is 243 g/mol.